The monoisotopic (exact) mass is 855 g/mol. The summed E-state index contributed by atoms with van der Waals surface area (Å²) in [5.74, 6) is -1.47. The molecule has 0 atom stereocenters. The predicted molar refractivity (Wildman–Crippen MR) is 257 cm³/mol. The van der Waals surface area contributed by atoms with E-state index in [0.717, 1.165) is 55.6 Å². The summed E-state index contributed by atoms with van der Waals surface area (Å²) in [7, 11) is 0. The molecule has 0 heterocycles. The largest absolute Gasteiger partial charge is 0.507 e. The Balaban J connectivity index is 2.09. The van der Waals surface area contributed by atoms with Crippen LogP contribution in [0.4, 0.5) is 0 Å². The van der Waals surface area contributed by atoms with E-state index in [1.807, 2.05) is 52.0 Å². The number of esters is 1. The lowest BCUT2D eigenvalue weighted by atomic mass is 9.71. The van der Waals surface area contributed by atoms with Crippen LogP contribution >= 0.6 is 0 Å². The number of ether oxygens (including phenoxy) is 1. The predicted octanol–water partition coefficient (Wildman–Crippen LogP) is 12.9. The van der Waals surface area contributed by atoms with Gasteiger partial charge in [0.2, 0.25) is 0 Å². The van der Waals surface area contributed by atoms with E-state index in [9.17, 15) is 30.0 Å². The molecule has 4 N–H and O–H groups in total. The van der Waals surface area contributed by atoms with Gasteiger partial charge < -0.3 is 25.2 Å². The molecule has 63 heavy (non-hydrogen) atoms. The van der Waals surface area contributed by atoms with Gasteiger partial charge in [-0.2, -0.15) is 0 Å². The van der Waals surface area contributed by atoms with Crippen molar-refractivity contribution in [3.63, 3.8) is 0 Å². The summed E-state index contributed by atoms with van der Waals surface area (Å²) in [6.45, 7) is 32.5. The molecule has 5 rings (SSSR count). The third-order valence-corrected chi connectivity index (χ3v) is 11.9. The summed E-state index contributed by atoms with van der Waals surface area (Å²) in [5.41, 5.74) is 10.8. The third-order valence-electron chi connectivity index (χ3n) is 11.9. The van der Waals surface area contributed by atoms with Crippen LogP contribution in [-0.2, 0) is 39.2 Å². The molecule has 0 fully saturated rings. The highest BCUT2D eigenvalue weighted by Gasteiger charge is 2.35. The summed E-state index contributed by atoms with van der Waals surface area (Å²) in [5, 5.41) is 45.2. The number of phenolic OH excluding ortho intramolecular Hbond substituents is 2. The first-order chi connectivity index (χ1) is 28.9. The highest BCUT2D eigenvalue weighted by atomic mass is 16.5. The van der Waals surface area contributed by atoms with Crippen molar-refractivity contribution in [3.05, 3.63) is 139 Å². The van der Waals surface area contributed by atoms with Crippen molar-refractivity contribution in [1.29, 1.82) is 0 Å². The summed E-state index contributed by atoms with van der Waals surface area (Å²) < 4.78 is 5.73. The maximum absolute atomic E-state index is 14.6. The number of benzene rings is 5. The normalized spacial score (nSPS) is 12.5. The van der Waals surface area contributed by atoms with E-state index in [1.54, 1.807) is 0 Å². The molecule has 0 aliphatic rings. The first-order valence-electron chi connectivity index (χ1n) is 22.1. The second-order valence-electron chi connectivity index (χ2n) is 21.8. The van der Waals surface area contributed by atoms with Crippen LogP contribution in [0, 0.1) is 27.7 Å². The number of aromatic hydroxyl groups is 2. The molecule has 0 aliphatic heterocycles. The number of carbonyl (C=O) groups is 2. The van der Waals surface area contributed by atoms with Gasteiger partial charge in [0.25, 0.3) is 0 Å². The van der Waals surface area contributed by atoms with Gasteiger partial charge in [0, 0.05) is 24.0 Å². The number of hydrogen-bond acceptors (Lipinski definition) is 6. The first-order valence-corrected chi connectivity index (χ1v) is 22.1. The number of phenols is 2. The topological polar surface area (TPSA) is 124 Å². The lowest BCUT2D eigenvalue weighted by Gasteiger charge is -2.32. The van der Waals surface area contributed by atoms with Gasteiger partial charge in [-0.15, -0.1) is 0 Å². The van der Waals surface area contributed by atoms with Crippen LogP contribution in [0.5, 0.6) is 11.5 Å². The highest BCUT2D eigenvalue weighted by molar-refractivity contribution is 6.10. The van der Waals surface area contributed by atoms with Gasteiger partial charge in [-0.1, -0.05) is 154 Å². The quantitative estimate of drug-likeness (QED) is 0.103. The van der Waals surface area contributed by atoms with E-state index in [2.05, 4.69) is 107 Å². The minimum Gasteiger partial charge on any atom is -0.507 e. The number of rotatable bonds is 10. The second-order valence-corrected chi connectivity index (χ2v) is 21.8. The Morgan fingerprint density at radius 2 is 0.794 bits per heavy atom. The lowest BCUT2D eigenvalue weighted by Crippen LogP contribution is -2.20. The number of hydrogen-bond donors (Lipinski definition) is 4. The van der Waals surface area contributed by atoms with Crippen LogP contribution in [0.1, 0.15) is 171 Å². The number of carbonyl (C=O) groups excluding carboxylic acids is 1. The zero-order valence-corrected chi connectivity index (χ0v) is 40.6. The van der Waals surface area contributed by atoms with Crippen LogP contribution in [-0.4, -0.2) is 45.6 Å². The van der Waals surface area contributed by atoms with Crippen molar-refractivity contribution in [2.24, 2.45) is 0 Å². The highest BCUT2D eigenvalue weighted by Crippen LogP contribution is 2.50. The smallest absolute Gasteiger partial charge is 0.338 e. The van der Waals surface area contributed by atoms with Gasteiger partial charge in [-0.05, 0) is 117 Å². The molecule has 7 nitrogen and oxygen atoms in total. The van der Waals surface area contributed by atoms with Crippen molar-refractivity contribution < 1.29 is 34.8 Å². The van der Waals surface area contributed by atoms with Gasteiger partial charge in [0.05, 0.1) is 17.7 Å². The lowest BCUT2D eigenvalue weighted by molar-refractivity contribution is 0.0434. The average Bonchev–Trinajstić information content (AvgIpc) is 3.14. The Morgan fingerprint density at radius 1 is 0.476 bits per heavy atom. The third kappa shape index (κ3) is 10.4. The van der Waals surface area contributed by atoms with Crippen molar-refractivity contribution in [1.82, 2.24) is 0 Å². The zero-order valence-electron chi connectivity index (χ0n) is 40.6. The standard InChI is InChI=1S/C56H70O7/c1-31-21-35(29-37-23-33(3)27-43(49(37)58)55(11,12)13)45(41(25-31)53(5,6)7)47-39(51(60)61)17-18-40(52(62)63-20-19-57)48(47)46-36(22-32(2)26-42(46)54(8,9)10)30-38-24-34(4)28-44(50(38)59)56(14,15)16/h17-18,21-28,57-59H,19-20,29-30H2,1-16H3,(H,60,61). The van der Waals surface area contributed by atoms with E-state index < -0.39 is 22.8 Å². The van der Waals surface area contributed by atoms with E-state index in [1.165, 1.54) is 12.1 Å². The van der Waals surface area contributed by atoms with E-state index >= 15 is 0 Å². The Hall–Kier alpha value is -5.40. The molecule has 0 bridgehead atoms. The summed E-state index contributed by atoms with van der Waals surface area (Å²) in [6, 6.07) is 19.4. The van der Waals surface area contributed by atoms with Gasteiger partial charge in [0.15, 0.2) is 0 Å². The maximum Gasteiger partial charge on any atom is 0.338 e. The van der Waals surface area contributed by atoms with Crippen molar-refractivity contribution in [2.45, 2.75) is 145 Å². The first kappa shape index (κ1) is 48.6. The Bertz CT molecular complexity index is 2580. The van der Waals surface area contributed by atoms with Crippen molar-refractivity contribution >= 4 is 11.9 Å². The van der Waals surface area contributed by atoms with Crippen molar-refractivity contribution in [2.75, 3.05) is 13.2 Å². The fraction of sp³-hybridized carbons (Fsp3) is 0.429. The number of aliphatic hydroxyl groups excluding tert-OH is 1. The number of carboxylic acids is 1. The molecule has 0 saturated carbocycles. The number of aromatic carboxylic acids is 1. The minimum absolute atomic E-state index is 0.00274. The minimum atomic E-state index is -1.17. The van der Waals surface area contributed by atoms with Gasteiger partial charge in [-0.25, -0.2) is 9.59 Å². The molecule has 7 heteroatoms. The Labute approximate surface area is 376 Å². The molecule has 0 amide bonds. The fourth-order valence-corrected chi connectivity index (χ4v) is 8.99. The van der Waals surface area contributed by atoms with Crippen LogP contribution in [0.25, 0.3) is 22.3 Å². The van der Waals surface area contributed by atoms with Crippen LogP contribution in [0.3, 0.4) is 0 Å². The zero-order chi connectivity index (χ0) is 47.3. The number of aliphatic hydroxyl groups is 1. The molecular formula is C56H70O7. The van der Waals surface area contributed by atoms with Gasteiger partial charge >= 0.3 is 11.9 Å². The molecule has 0 radical (unpaired) electrons. The molecule has 0 spiro atoms. The molecule has 336 valence electrons. The number of aryl methyl sites for hydroxylation is 4. The van der Waals surface area contributed by atoms with Crippen LogP contribution in [0.2, 0.25) is 0 Å². The molecule has 0 aromatic heterocycles. The summed E-state index contributed by atoms with van der Waals surface area (Å²) in [4.78, 5) is 28.5. The van der Waals surface area contributed by atoms with Crippen LogP contribution < -0.4 is 0 Å². The summed E-state index contributed by atoms with van der Waals surface area (Å²) in [6.07, 6.45) is 0.548. The average molecular weight is 855 g/mol. The molecule has 0 unspecified atom stereocenters. The molecule has 5 aromatic carbocycles. The van der Waals surface area contributed by atoms with Gasteiger partial charge in [0.1, 0.15) is 18.1 Å². The Morgan fingerprint density at radius 3 is 1.13 bits per heavy atom. The molecule has 5 aromatic rings. The van der Waals surface area contributed by atoms with Gasteiger partial charge in [-0.3, -0.25) is 0 Å². The summed E-state index contributed by atoms with van der Waals surface area (Å²) >= 11 is 0. The molecule has 0 saturated heterocycles. The van der Waals surface area contributed by atoms with E-state index in [-0.39, 0.29) is 59.5 Å². The Kier molecular flexibility index (Phi) is 13.6. The van der Waals surface area contributed by atoms with Crippen LogP contribution in [0.15, 0.2) is 60.7 Å². The SMILES string of the molecule is Cc1cc(Cc2cc(C)cc(C(C)(C)C)c2-c2c(C(=O)O)ccc(C(=O)OCCO)c2-c2c(Cc3cc(C)cc(C(C)(C)C)c3O)cc(C)cc2C(C)(C)C)c(O)c(C(C)(C)C)c1. The van der Waals surface area contributed by atoms with E-state index in [4.69, 9.17) is 4.74 Å². The van der Waals surface area contributed by atoms with E-state index in [0.29, 0.717) is 33.4 Å². The molecular weight excluding hydrogens is 785 g/mol. The molecule has 0 aliphatic carbocycles. The maximum atomic E-state index is 14.6. The fourth-order valence-electron chi connectivity index (χ4n) is 8.99. The second kappa shape index (κ2) is 17.6. The van der Waals surface area contributed by atoms with Crippen molar-refractivity contribution in [3.8, 4) is 33.8 Å². The number of carboxylic acid groups (broad SMARTS) is 1.